The highest BCUT2D eigenvalue weighted by Crippen LogP contribution is 2.25. The monoisotopic (exact) mass is 544 g/mol. The van der Waals surface area contributed by atoms with Crippen molar-refractivity contribution in [3.8, 4) is 5.69 Å². The zero-order valence-corrected chi connectivity index (χ0v) is 20.0. The Morgan fingerprint density at radius 1 is 1.09 bits per heavy atom. The van der Waals surface area contributed by atoms with Gasteiger partial charge in [-0.05, 0) is 97.5 Å². The lowest BCUT2D eigenvalue weighted by molar-refractivity contribution is -0.384. The Labute approximate surface area is 199 Å². The van der Waals surface area contributed by atoms with Crippen molar-refractivity contribution in [1.29, 1.82) is 0 Å². The molecule has 0 aliphatic rings. The van der Waals surface area contributed by atoms with Crippen LogP contribution in [0.25, 0.3) is 11.8 Å². The molecule has 0 atom stereocenters. The van der Waals surface area contributed by atoms with Gasteiger partial charge in [-0.3, -0.25) is 14.9 Å². The molecular weight excluding hydrogens is 523 g/mol. The smallest absolute Gasteiger partial charge is 0.342 e. The lowest BCUT2D eigenvalue weighted by Crippen LogP contribution is -2.16. The van der Waals surface area contributed by atoms with E-state index in [1.165, 1.54) is 30.3 Å². The summed E-state index contributed by atoms with van der Waals surface area (Å²) in [6.45, 7) is 5.64. The van der Waals surface area contributed by atoms with Crippen LogP contribution in [0.4, 0.5) is 5.69 Å². The number of ether oxygens (including phenoxy) is 1. The van der Waals surface area contributed by atoms with E-state index in [1.807, 2.05) is 48.7 Å². The summed E-state index contributed by atoms with van der Waals surface area (Å²) >= 11 is 2.24. The summed E-state index contributed by atoms with van der Waals surface area (Å²) in [5.41, 5.74) is 3.39. The van der Waals surface area contributed by atoms with E-state index in [1.54, 1.807) is 6.92 Å². The van der Waals surface area contributed by atoms with Crippen LogP contribution in [-0.4, -0.2) is 27.8 Å². The van der Waals surface area contributed by atoms with Crippen molar-refractivity contribution in [3.05, 3.63) is 96.4 Å². The zero-order valence-electron chi connectivity index (χ0n) is 17.8. The van der Waals surface area contributed by atoms with Crippen molar-refractivity contribution < 1.29 is 19.2 Å². The Hall–Kier alpha value is -3.27. The topological polar surface area (TPSA) is 91.4 Å². The largest absolute Gasteiger partial charge is 0.462 e. The number of hydrogen-bond donors (Lipinski definition) is 0. The number of carbonyl (C=O) groups excluding carboxylic acids is 2. The minimum absolute atomic E-state index is 0.116. The van der Waals surface area contributed by atoms with Crippen molar-refractivity contribution in [3.63, 3.8) is 0 Å². The number of esters is 1. The molecule has 0 amide bonds. The fraction of sp³-hybridized carbons (Fsp3) is 0.167. The lowest BCUT2D eigenvalue weighted by Gasteiger charge is -2.10. The average molecular weight is 544 g/mol. The fourth-order valence-corrected chi connectivity index (χ4v) is 3.75. The number of benzene rings is 2. The highest BCUT2D eigenvalue weighted by molar-refractivity contribution is 14.1. The van der Waals surface area contributed by atoms with Crippen molar-refractivity contribution in [2.24, 2.45) is 0 Å². The summed E-state index contributed by atoms with van der Waals surface area (Å²) in [5.74, 6) is -1.30. The fourth-order valence-electron chi connectivity index (χ4n) is 3.39. The number of halogens is 1. The summed E-state index contributed by atoms with van der Waals surface area (Å²) in [7, 11) is 0. The molecule has 0 spiro atoms. The van der Waals surface area contributed by atoms with Crippen molar-refractivity contribution >= 4 is 46.1 Å². The van der Waals surface area contributed by atoms with Gasteiger partial charge in [0.15, 0.2) is 5.78 Å². The number of carbonyl (C=O) groups is 2. The molecule has 164 valence electrons. The van der Waals surface area contributed by atoms with E-state index in [4.69, 9.17) is 4.74 Å². The van der Waals surface area contributed by atoms with Crippen LogP contribution in [0.3, 0.4) is 0 Å². The lowest BCUT2D eigenvalue weighted by atomic mass is 10.0. The number of Topliss-reactive ketones (excluding diaryl/α,β-unsaturated/α-hetero) is 1. The molecule has 3 aromatic rings. The Kier molecular flexibility index (Phi) is 7.24. The van der Waals surface area contributed by atoms with Gasteiger partial charge < -0.3 is 9.30 Å². The number of aryl methyl sites for hydroxylation is 1. The quantitative estimate of drug-likeness (QED) is 0.0578. The number of hydrogen-bond acceptors (Lipinski definition) is 5. The number of ketones is 1. The molecule has 0 aliphatic heterocycles. The number of rotatable bonds is 7. The van der Waals surface area contributed by atoms with Gasteiger partial charge in [-0.2, -0.15) is 0 Å². The molecule has 2 aromatic carbocycles. The van der Waals surface area contributed by atoms with Gasteiger partial charge in [0.25, 0.3) is 5.69 Å². The van der Waals surface area contributed by atoms with Crippen LogP contribution in [0.1, 0.15) is 34.2 Å². The summed E-state index contributed by atoms with van der Waals surface area (Å²) in [5, 5.41) is 10.9. The molecule has 0 aliphatic carbocycles. The maximum absolute atomic E-state index is 13.1. The van der Waals surface area contributed by atoms with Crippen LogP contribution >= 0.6 is 22.6 Å². The van der Waals surface area contributed by atoms with Gasteiger partial charge in [0, 0.05) is 38.3 Å². The summed E-state index contributed by atoms with van der Waals surface area (Å²) in [6.07, 6.45) is 1.52. The third-order valence-corrected chi connectivity index (χ3v) is 5.65. The molecule has 1 heterocycles. The maximum atomic E-state index is 13.1. The normalized spacial score (nSPS) is 11.3. The van der Waals surface area contributed by atoms with Gasteiger partial charge in [0.2, 0.25) is 0 Å². The first-order valence-corrected chi connectivity index (χ1v) is 10.9. The van der Waals surface area contributed by atoms with Crippen LogP contribution < -0.4 is 0 Å². The molecule has 0 unspecified atom stereocenters. The second-order valence-corrected chi connectivity index (χ2v) is 8.30. The molecule has 0 radical (unpaired) electrons. The van der Waals surface area contributed by atoms with Crippen LogP contribution in [0.5, 0.6) is 0 Å². The van der Waals surface area contributed by atoms with Crippen LogP contribution in [0.15, 0.2) is 60.2 Å². The summed E-state index contributed by atoms with van der Waals surface area (Å²) in [4.78, 5) is 36.1. The van der Waals surface area contributed by atoms with Gasteiger partial charge >= 0.3 is 5.97 Å². The maximum Gasteiger partial charge on any atom is 0.342 e. The molecule has 0 N–H and O–H groups in total. The Bertz CT molecular complexity index is 1210. The third kappa shape index (κ3) is 4.96. The Morgan fingerprint density at radius 3 is 2.28 bits per heavy atom. The van der Waals surface area contributed by atoms with E-state index in [0.29, 0.717) is 5.56 Å². The molecule has 0 fully saturated rings. The predicted octanol–water partition coefficient (Wildman–Crippen LogP) is 5.44. The van der Waals surface area contributed by atoms with Crippen molar-refractivity contribution in [2.45, 2.75) is 20.8 Å². The SMILES string of the molecule is CCOC(=O)/C(=C\c1cc(C)n(-c2ccc(I)cc2)c1C)C(=O)c1ccc([N+](=O)[O-])cc1. The van der Waals surface area contributed by atoms with E-state index < -0.39 is 16.7 Å². The summed E-state index contributed by atoms with van der Waals surface area (Å²) in [6, 6.07) is 15.1. The molecule has 8 heteroatoms. The standard InChI is InChI=1S/C24H21IN2O5/c1-4-32-24(29)22(23(28)17-5-9-21(10-6-17)27(30)31)14-18-13-15(2)26(16(18)3)20-11-7-19(25)8-12-20/h5-14H,4H2,1-3H3/b22-14-. The Balaban J connectivity index is 2.06. The van der Waals surface area contributed by atoms with E-state index in [2.05, 4.69) is 22.6 Å². The van der Waals surface area contributed by atoms with Crippen molar-refractivity contribution in [2.75, 3.05) is 6.61 Å². The van der Waals surface area contributed by atoms with E-state index in [0.717, 1.165) is 20.6 Å². The van der Waals surface area contributed by atoms with Gasteiger partial charge in [-0.15, -0.1) is 0 Å². The van der Waals surface area contributed by atoms with Crippen LogP contribution in [0, 0.1) is 27.5 Å². The van der Waals surface area contributed by atoms with E-state index >= 15 is 0 Å². The number of nitrogens with zero attached hydrogens (tertiary/aromatic N) is 2. The summed E-state index contributed by atoms with van der Waals surface area (Å²) < 4.78 is 8.27. The van der Waals surface area contributed by atoms with Gasteiger partial charge in [-0.25, -0.2) is 4.79 Å². The number of nitro groups is 1. The molecule has 3 rings (SSSR count). The molecule has 0 saturated heterocycles. The van der Waals surface area contributed by atoms with Gasteiger partial charge in [-0.1, -0.05) is 0 Å². The second kappa shape index (κ2) is 9.90. The highest BCUT2D eigenvalue weighted by Gasteiger charge is 2.23. The molecule has 7 nitrogen and oxygen atoms in total. The first-order chi connectivity index (χ1) is 15.2. The molecule has 0 bridgehead atoms. The first kappa shape index (κ1) is 23.4. The Morgan fingerprint density at radius 2 is 1.72 bits per heavy atom. The van der Waals surface area contributed by atoms with Crippen LogP contribution in [0.2, 0.25) is 0 Å². The number of non-ortho nitro benzene ring substituents is 1. The molecule has 1 aromatic heterocycles. The second-order valence-electron chi connectivity index (χ2n) is 7.05. The highest BCUT2D eigenvalue weighted by atomic mass is 127. The minimum atomic E-state index is -0.741. The molecule has 0 saturated carbocycles. The van der Waals surface area contributed by atoms with Gasteiger partial charge in [0.1, 0.15) is 5.57 Å². The molecular formula is C24H21IN2O5. The molecule has 32 heavy (non-hydrogen) atoms. The predicted molar refractivity (Wildman–Crippen MR) is 130 cm³/mol. The number of nitro benzene ring substituents is 1. The minimum Gasteiger partial charge on any atom is -0.462 e. The zero-order chi connectivity index (χ0) is 23.4. The van der Waals surface area contributed by atoms with E-state index in [-0.39, 0.29) is 23.4 Å². The first-order valence-electron chi connectivity index (χ1n) is 9.85. The number of aromatic nitrogens is 1. The van der Waals surface area contributed by atoms with E-state index in [9.17, 15) is 19.7 Å². The third-order valence-electron chi connectivity index (χ3n) is 4.94. The van der Waals surface area contributed by atoms with Crippen LogP contribution in [-0.2, 0) is 9.53 Å². The van der Waals surface area contributed by atoms with Crippen molar-refractivity contribution in [1.82, 2.24) is 4.57 Å². The average Bonchev–Trinajstić information content (AvgIpc) is 3.05. The van der Waals surface area contributed by atoms with Gasteiger partial charge in [0.05, 0.1) is 11.5 Å².